The van der Waals surface area contributed by atoms with Crippen molar-refractivity contribution in [2.45, 2.75) is 20.8 Å². The van der Waals surface area contributed by atoms with Crippen LogP contribution in [0.3, 0.4) is 0 Å². The fraction of sp³-hybridized carbons (Fsp3) is 0.294. The van der Waals surface area contributed by atoms with Crippen molar-refractivity contribution in [1.82, 2.24) is 5.32 Å². The minimum Gasteiger partial charge on any atom is -0.490 e. The fourth-order valence-corrected chi connectivity index (χ4v) is 2.05. The topological polar surface area (TPSA) is 84.9 Å². The molecule has 2 N–H and O–H groups in total. The minimum atomic E-state index is -1.26. The molecule has 130 valence electrons. The summed E-state index contributed by atoms with van der Waals surface area (Å²) in [6.45, 7) is 9.26. The lowest BCUT2D eigenvalue weighted by atomic mass is 10.1. The molecule has 0 aliphatic rings. The molecule has 0 aliphatic heterocycles. The Bertz CT molecular complexity index is 682. The Labute approximate surface area is 145 Å². The van der Waals surface area contributed by atoms with Crippen molar-refractivity contribution in [2.24, 2.45) is 0 Å². The Balaban J connectivity index is 3.28. The maximum absolute atomic E-state index is 11.2. The van der Waals surface area contributed by atoms with Crippen molar-refractivity contribution in [3.8, 4) is 11.5 Å². The summed E-state index contributed by atoms with van der Waals surface area (Å²) in [5, 5.41) is 11.7. The number of ether oxygens (including phenoxy) is 2. The molecule has 0 unspecified atom stereocenters. The minimum absolute atomic E-state index is 0.265. The molecule has 1 aromatic rings. The highest BCUT2D eigenvalue weighted by atomic mass is 35.5. The molecule has 0 bridgehead atoms. The highest BCUT2D eigenvalue weighted by Crippen LogP contribution is 2.37. The van der Waals surface area contributed by atoms with E-state index >= 15 is 0 Å². The van der Waals surface area contributed by atoms with Crippen molar-refractivity contribution in [3.63, 3.8) is 0 Å². The number of rotatable bonds is 8. The van der Waals surface area contributed by atoms with Crippen LogP contribution >= 0.6 is 11.6 Å². The van der Waals surface area contributed by atoms with E-state index in [1.54, 1.807) is 13.0 Å². The summed E-state index contributed by atoms with van der Waals surface area (Å²) in [6, 6.07) is 3.12. The zero-order valence-electron chi connectivity index (χ0n) is 13.8. The lowest BCUT2D eigenvalue weighted by molar-refractivity contribution is -0.134. The zero-order chi connectivity index (χ0) is 18.3. The average molecular weight is 354 g/mol. The van der Waals surface area contributed by atoms with Gasteiger partial charge in [0.15, 0.2) is 11.5 Å². The first-order valence-corrected chi connectivity index (χ1v) is 7.58. The van der Waals surface area contributed by atoms with Gasteiger partial charge in [0, 0.05) is 6.92 Å². The SMILES string of the molecule is C=C(C)COc1c(Cl)cc(C=C(NC(C)=O)C(=O)O)cc1OCC. The molecule has 0 aromatic heterocycles. The third-order valence-corrected chi connectivity index (χ3v) is 2.93. The Morgan fingerprint density at radius 1 is 1.33 bits per heavy atom. The molecule has 24 heavy (non-hydrogen) atoms. The van der Waals surface area contributed by atoms with E-state index in [0.717, 1.165) is 5.57 Å². The lowest BCUT2D eigenvalue weighted by Gasteiger charge is -2.14. The van der Waals surface area contributed by atoms with E-state index in [0.29, 0.717) is 23.7 Å². The molecular weight excluding hydrogens is 334 g/mol. The molecular formula is C17H20ClNO5. The Morgan fingerprint density at radius 2 is 2.00 bits per heavy atom. The van der Waals surface area contributed by atoms with Crippen LogP contribution in [0.2, 0.25) is 5.02 Å². The number of hydrogen-bond acceptors (Lipinski definition) is 4. The zero-order valence-corrected chi connectivity index (χ0v) is 14.6. The van der Waals surface area contributed by atoms with E-state index in [-0.39, 0.29) is 17.3 Å². The second-order valence-electron chi connectivity index (χ2n) is 5.05. The molecule has 1 aromatic carbocycles. The quantitative estimate of drug-likeness (QED) is 0.553. The van der Waals surface area contributed by atoms with Gasteiger partial charge in [0.2, 0.25) is 5.91 Å². The molecule has 1 rings (SSSR count). The summed E-state index contributed by atoms with van der Waals surface area (Å²) < 4.78 is 11.1. The summed E-state index contributed by atoms with van der Waals surface area (Å²) in [7, 11) is 0. The van der Waals surface area contributed by atoms with Gasteiger partial charge in [-0.3, -0.25) is 4.79 Å². The summed E-state index contributed by atoms with van der Waals surface area (Å²) in [5.74, 6) is -1.01. The van der Waals surface area contributed by atoms with Crippen LogP contribution < -0.4 is 14.8 Å². The van der Waals surface area contributed by atoms with Crippen LogP contribution in [0.25, 0.3) is 6.08 Å². The average Bonchev–Trinajstić information content (AvgIpc) is 2.45. The molecule has 0 radical (unpaired) electrons. The first-order chi connectivity index (χ1) is 11.2. The molecule has 0 spiro atoms. The van der Waals surface area contributed by atoms with E-state index in [1.807, 2.05) is 6.92 Å². The third-order valence-electron chi connectivity index (χ3n) is 2.65. The van der Waals surface area contributed by atoms with Crippen LogP contribution in [0.15, 0.2) is 30.0 Å². The van der Waals surface area contributed by atoms with Crippen LogP contribution in [-0.2, 0) is 9.59 Å². The van der Waals surface area contributed by atoms with Gasteiger partial charge in [-0.25, -0.2) is 4.79 Å². The molecule has 1 amide bonds. The molecule has 6 nitrogen and oxygen atoms in total. The maximum Gasteiger partial charge on any atom is 0.352 e. The van der Waals surface area contributed by atoms with Crippen LogP contribution in [0, 0.1) is 0 Å². The van der Waals surface area contributed by atoms with E-state index in [1.165, 1.54) is 19.1 Å². The molecule has 7 heteroatoms. The van der Waals surface area contributed by atoms with Crippen molar-refractivity contribution >= 4 is 29.6 Å². The lowest BCUT2D eigenvalue weighted by Crippen LogP contribution is -2.24. The molecule has 0 saturated carbocycles. The van der Waals surface area contributed by atoms with Crippen LogP contribution in [0.1, 0.15) is 26.3 Å². The normalized spacial score (nSPS) is 10.9. The number of carboxylic acids is 1. The van der Waals surface area contributed by atoms with Gasteiger partial charge in [-0.1, -0.05) is 18.2 Å². The molecule has 0 aliphatic carbocycles. The highest BCUT2D eigenvalue weighted by molar-refractivity contribution is 6.32. The first kappa shape index (κ1) is 19.6. The number of hydrogen-bond donors (Lipinski definition) is 2. The maximum atomic E-state index is 11.2. The van der Waals surface area contributed by atoms with Gasteiger partial charge in [-0.05, 0) is 43.2 Å². The standard InChI is InChI=1S/C17H20ClNO5/c1-5-23-15-8-12(7-14(17(21)22)19-11(4)20)6-13(18)16(15)24-9-10(2)3/h6-8H,2,5,9H2,1,3-4H3,(H,19,20)(H,21,22). The predicted molar refractivity (Wildman–Crippen MR) is 92.4 cm³/mol. The summed E-state index contributed by atoms with van der Waals surface area (Å²) in [5.41, 5.74) is 1.00. The Kier molecular flexibility index (Phi) is 7.32. The molecule has 0 heterocycles. The number of nitrogens with one attached hydrogen (secondary N) is 1. The Hall–Kier alpha value is -2.47. The van der Waals surface area contributed by atoms with Gasteiger partial charge in [-0.15, -0.1) is 0 Å². The van der Waals surface area contributed by atoms with Gasteiger partial charge in [0.1, 0.15) is 12.3 Å². The van der Waals surface area contributed by atoms with Crippen molar-refractivity contribution in [2.75, 3.05) is 13.2 Å². The first-order valence-electron chi connectivity index (χ1n) is 7.20. The summed E-state index contributed by atoms with van der Waals surface area (Å²) in [4.78, 5) is 22.3. The highest BCUT2D eigenvalue weighted by Gasteiger charge is 2.14. The van der Waals surface area contributed by atoms with Gasteiger partial charge >= 0.3 is 5.97 Å². The molecule has 0 saturated heterocycles. The van der Waals surface area contributed by atoms with E-state index < -0.39 is 11.9 Å². The largest absolute Gasteiger partial charge is 0.490 e. The number of benzene rings is 1. The van der Waals surface area contributed by atoms with Gasteiger partial charge in [0.05, 0.1) is 11.6 Å². The van der Waals surface area contributed by atoms with Crippen LogP contribution in [0.4, 0.5) is 0 Å². The monoisotopic (exact) mass is 353 g/mol. The predicted octanol–water partition coefficient (Wildman–Crippen LogP) is 3.26. The smallest absolute Gasteiger partial charge is 0.352 e. The summed E-state index contributed by atoms with van der Waals surface area (Å²) >= 11 is 6.22. The summed E-state index contributed by atoms with van der Waals surface area (Å²) in [6.07, 6.45) is 1.29. The number of carbonyl (C=O) groups is 2. The van der Waals surface area contributed by atoms with Crippen molar-refractivity contribution < 1.29 is 24.2 Å². The van der Waals surface area contributed by atoms with E-state index in [2.05, 4.69) is 11.9 Å². The van der Waals surface area contributed by atoms with Crippen LogP contribution in [0.5, 0.6) is 11.5 Å². The van der Waals surface area contributed by atoms with E-state index in [4.69, 9.17) is 26.2 Å². The number of halogens is 1. The number of carboxylic acid groups (broad SMARTS) is 1. The van der Waals surface area contributed by atoms with Gasteiger partial charge in [-0.2, -0.15) is 0 Å². The van der Waals surface area contributed by atoms with Crippen LogP contribution in [-0.4, -0.2) is 30.2 Å². The molecule has 0 atom stereocenters. The van der Waals surface area contributed by atoms with Gasteiger partial charge < -0.3 is 19.9 Å². The second-order valence-corrected chi connectivity index (χ2v) is 5.46. The number of carbonyl (C=O) groups excluding carboxylic acids is 1. The fourth-order valence-electron chi connectivity index (χ4n) is 1.78. The number of aliphatic carboxylic acids is 1. The Morgan fingerprint density at radius 3 is 2.50 bits per heavy atom. The number of amides is 1. The van der Waals surface area contributed by atoms with Crippen molar-refractivity contribution in [3.05, 3.63) is 40.6 Å². The van der Waals surface area contributed by atoms with E-state index in [9.17, 15) is 9.59 Å². The van der Waals surface area contributed by atoms with Crippen molar-refractivity contribution in [1.29, 1.82) is 0 Å². The van der Waals surface area contributed by atoms with Gasteiger partial charge in [0.25, 0.3) is 0 Å². The second kappa shape index (κ2) is 8.98. The third kappa shape index (κ3) is 5.96. The molecule has 0 fully saturated rings.